The summed E-state index contributed by atoms with van der Waals surface area (Å²) in [6.45, 7) is 1.11. The SMILES string of the molecule is COCCn1c(SCC(=O)Nc2ccc(Br)cc2F)nc2cc(Cl)ccc21. The van der Waals surface area contributed by atoms with E-state index in [9.17, 15) is 9.18 Å². The predicted molar refractivity (Wildman–Crippen MR) is 110 cm³/mol. The van der Waals surface area contributed by atoms with Crippen LogP contribution in [0.2, 0.25) is 5.02 Å². The Hall–Kier alpha value is -1.61. The van der Waals surface area contributed by atoms with Crippen LogP contribution in [0.15, 0.2) is 46.0 Å². The van der Waals surface area contributed by atoms with Gasteiger partial charge in [0.05, 0.1) is 29.1 Å². The van der Waals surface area contributed by atoms with Crippen molar-refractivity contribution in [1.82, 2.24) is 9.55 Å². The highest BCUT2D eigenvalue weighted by molar-refractivity contribution is 9.10. The van der Waals surface area contributed by atoms with Crippen LogP contribution in [0.4, 0.5) is 10.1 Å². The van der Waals surface area contributed by atoms with Crippen molar-refractivity contribution >= 4 is 61.9 Å². The van der Waals surface area contributed by atoms with Crippen molar-refractivity contribution in [2.45, 2.75) is 11.7 Å². The zero-order valence-electron chi connectivity index (χ0n) is 14.3. The Kier molecular flexibility index (Phi) is 6.75. The Morgan fingerprint density at radius 1 is 1.37 bits per heavy atom. The van der Waals surface area contributed by atoms with E-state index in [1.807, 2.05) is 10.6 Å². The molecule has 0 saturated heterocycles. The zero-order chi connectivity index (χ0) is 19.4. The molecule has 0 aliphatic carbocycles. The molecule has 1 amide bonds. The monoisotopic (exact) mass is 471 g/mol. The van der Waals surface area contributed by atoms with Gasteiger partial charge in [-0.3, -0.25) is 4.79 Å². The van der Waals surface area contributed by atoms with Gasteiger partial charge in [-0.1, -0.05) is 39.3 Å². The molecule has 0 spiro atoms. The van der Waals surface area contributed by atoms with E-state index in [-0.39, 0.29) is 17.3 Å². The van der Waals surface area contributed by atoms with Crippen molar-refractivity contribution in [2.24, 2.45) is 0 Å². The molecule has 9 heteroatoms. The standard InChI is InChI=1S/C18H16BrClFN3O2S/c1-26-7-6-24-16-5-3-12(20)9-15(16)23-18(24)27-10-17(25)22-14-4-2-11(19)8-13(14)21/h2-5,8-9H,6-7,10H2,1H3,(H,22,25). The minimum Gasteiger partial charge on any atom is -0.383 e. The average molecular weight is 473 g/mol. The molecule has 1 aromatic heterocycles. The molecule has 0 saturated carbocycles. The number of amides is 1. The average Bonchev–Trinajstić information content (AvgIpc) is 2.97. The highest BCUT2D eigenvalue weighted by Gasteiger charge is 2.14. The van der Waals surface area contributed by atoms with E-state index in [2.05, 4.69) is 26.2 Å². The van der Waals surface area contributed by atoms with E-state index in [4.69, 9.17) is 16.3 Å². The number of aromatic nitrogens is 2. The van der Waals surface area contributed by atoms with E-state index in [0.29, 0.717) is 27.8 Å². The summed E-state index contributed by atoms with van der Waals surface area (Å²) in [5, 5.41) is 3.85. The number of benzene rings is 2. The van der Waals surface area contributed by atoms with Crippen molar-refractivity contribution in [3.05, 3.63) is 51.7 Å². The van der Waals surface area contributed by atoms with Crippen LogP contribution in [0.3, 0.4) is 0 Å². The van der Waals surface area contributed by atoms with Gasteiger partial charge >= 0.3 is 0 Å². The number of fused-ring (bicyclic) bond motifs is 1. The van der Waals surface area contributed by atoms with Gasteiger partial charge in [0.1, 0.15) is 5.82 Å². The first-order chi connectivity index (χ1) is 13.0. The molecule has 0 radical (unpaired) electrons. The fourth-order valence-electron chi connectivity index (χ4n) is 2.50. The Morgan fingerprint density at radius 2 is 2.19 bits per heavy atom. The second kappa shape index (κ2) is 9.05. The molecular weight excluding hydrogens is 457 g/mol. The first kappa shape index (κ1) is 20.1. The van der Waals surface area contributed by atoms with Crippen LogP contribution in [0.1, 0.15) is 0 Å². The van der Waals surface area contributed by atoms with Crippen molar-refractivity contribution in [3.8, 4) is 0 Å². The molecule has 27 heavy (non-hydrogen) atoms. The lowest BCUT2D eigenvalue weighted by molar-refractivity contribution is -0.113. The van der Waals surface area contributed by atoms with Gasteiger partial charge in [0.2, 0.25) is 5.91 Å². The number of nitrogens with zero attached hydrogens (tertiary/aromatic N) is 2. The summed E-state index contributed by atoms with van der Waals surface area (Å²) in [7, 11) is 1.63. The molecule has 142 valence electrons. The Bertz CT molecular complexity index is 983. The van der Waals surface area contributed by atoms with Crippen molar-refractivity contribution in [3.63, 3.8) is 0 Å². The number of thioether (sulfide) groups is 1. The molecule has 0 aliphatic heterocycles. The third-order valence-corrected chi connectivity index (χ3v) is 5.44. The molecule has 0 fully saturated rings. The van der Waals surface area contributed by atoms with Gasteiger partial charge in [-0.15, -0.1) is 0 Å². The number of anilines is 1. The van der Waals surface area contributed by atoms with E-state index < -0.39 is 5.82 Å². The minimum atomic E-state index is -0.496. The van der Waals surface area contributed by atoms with E-state index in [1.54, 1.807) is 25.3 Å². The Balaban J connectivity index is 1.74. The van der Waals surface area contributed by atoms with Gasteiger partial charge in [0.25, 0.3) is 0 Å². The Morgan fingerprint density at radius 3 is 2.93 bits per heavy atom. The van der Waals surface area contributed by atoms with Gasteiger partial charge in [-0.25, -0.2) is 9.37 Å². The molecule has 1 N–H and O–H groups in total. The number of carbonyl (C=O) groups is 1. The molecule has 2 aromatic carbocycles. The maximum atomic E-state index is 13.9. The minimum absolute atomic E-state index is 0.0968. The normalized spacial score (nSPS) is 11.1. The summed E-state index contributed by atoms with van der Waals surface area (Å²) in [6, 6.07) is 9.95. The summed E-state index contributed by atoms with van der Waals surface area (Å²) in [4.78, 5) is 16.8. The summed E-state index contributed by atoms with van der Waals surface area (Å²) in [5.41, 5.74) is 1.81. The number of nitrogens with one attached hydrogen (secondary N) is 1. The molecule has 0 atom stereocenters. The number of methoxy groups -OCH3 is 1. The van der Waals surface area contributed by atoms with Crippen LogP contribution < -0.4 is 5.32 Å². The van der Waals surface area contributed by atoms with Crippen LogP contribution in [0.5, 0.6) is 0 Å². The third-order valence-electron chi connectivity index (χ3n) is 3.73. The largest absolute Gasteiger partial charge is 0.383 e. The van der Waals surface area contributed by atoms with Gasteiger partial charge < -0.3 is 14.6 Å². The topological polar surface area (TPSA) is 56.1 Å². The molecule has 5 nitrogen and oxygen atoms in total. The van der Waals surface area contributed by atoms with Crippen molar-refractivity contribution in [2.75, 3.05) is 24.8 Å². The number of halogens is 3. The number of hydrogen-bond donors (Lipinski definition) is 1. The molecule has 0 aliphatic rings. The van der Waals surface area contributed by atoms with Gasteiger partial charge in [-0.05, 0) is 36.4 Å². The second-order valence-corrected chi connectivity index (χ2v) is 7.93. The third kappa shape index (κ3) is 5.01. The quantitative estimate of drug-likeness (QED) is 0.493. The van der Waals surface area contributed by atoms with Gasteiger partial charge in [0, 0.05) is 23.1 Å². The van der Waals surface area contributed by atoms with Crippen LogP contribution in [0, 0.1) is 5.82 Å². The van der Waals surface area contributed by atoms with E-state index >= 15 is 0 Å². The molecular formula is C18H16BrClFN3O2S. The lowest BCUT2D eigenvalue weighted by Gasteiger charge is -2.09. The van der Waals surface area contributed by atoms with Crippen LogP contribution in [0.25, 0.3) is 11.0 Å². The van der Waals surface area contributed by atoms with Crippen molar-refractivity contribution in [1.29, 1.82) is 0 Å². The van der Waals surface area contributed by atoms with E-state index in [0.717, 1.165) is 11.0 Å². The van der Waals surface area contributed by atoms with Crippen LogP contribution in [-0.2, 0) is 16.1 Å². The molecule has 3 aromatic rings. The van der Waals surface area contributed by atoms with Gasteiger partial charge in [-0.2, -0.15) is 0 Å². The zero-order valence-corrected chi connectivity index (χ0v) is 17.5. The fourth-order valence-corrected chi connectivity index (χ4v) is 3.84. The lowest BCUT2D eigenvalue weighted by atomic mass is 10.3. The predicted octanol–water partition coefficient (Wildman–Crippen LogP) is 4.97. The highest BCUT2D eigenvalue weighted by atomic mass is 79.9. The number of carbonyl (C=O) groups excluding carboxylic acids is 1. The highest BCUT2D eigenvalue weighted by Crippen LogP contribution is 2.27. The summed E-state index contributed by atoms with van der Waals surface area (Å²) in [6.07, 6.45) is 0. The number of hydrogen-bond acceptors (Lipinski definition) is 4. The van der Waals surface area contributed by atoms with E-state index in [1.165, 1.54) is 23.9 Å². The van der Waals surface area contributed by atoms with Gasteiger partial charge in [0.15, 0.2) is 5.16 Å². The summed E-state index contributed by atoms with van der Waals surface area (Å²) in [5.74, 6) is -0.714. The Labute approximate surface area is 173 Å². The lowest BCUT2D eigenvalue weighted by Crippen LogP contribution is -2.16. The number of rotatable bonds is 7. The second-order valence-electron chi connectivity index (χ2n) is 5.63. The summed E-state index contributed by atoms with van der Waals surface area (Å²) >= 11 is 10.5. The summed E-state index contributed by atoms with van der Waals surface area (Å²) < 4.78 is 21.6. The first-order valence-corrected chi connectivity index (χ1v) is 10.2. The molecule has 0 bridgehead atoms. The van der Waals surface area contributed by atoms with Crippen LogP contribution in [-0.4, -0.2) is 34.9 Å². The molecule has 1 heterocycles. The molecule has 0 unspecified atom stereocenters. The fraction of sp³-hybridized carbons (Fsp3) is 0.222. The first-order valence-electron chi connectivity index (χ1n) is 8.00. The molecule has 3 rings (SSSR count). The number of ether oxygens (including phenoxy) is 1. The number of imidazole rings is 1. The van der Waals surface area contributed by atoms with Crippen LogP contribution >= 0.6 is 39.3 Å². The van der Waals surface area contributed by atoms with Crippen molar-refractivity contribution < 1.29 is 13.9 Å². The maximum absolute atomic E-state index is 13.9. The smallest absolute Gasteiger partial charge is 0.234 e. The maximum Gasteiger partial charge on any atom is 0.234 e.